The Morgan fingerprint density at radius 3 is 1.41 bits per heavy atom. The van der Waals surface area contributed by atoms with Crippen molar-refractivity contribution in [1.29, 1.82) is 0 Å². The van der Waals surface area contributed by atoms with Gasteiger partial charge in [0.15, 0.2) is 5.60 Å². The lowest BCUT2D eigenvalue weighted by molar-refractivity contribution is -0.177. The van der Waals surface area contributed by atoms with Crippen LogP contribution in [-0.2, 0) is 33.4 Å². The van der Waals surface area contributed by atoms with Crippen LogP contribution in [-0.4, -0.2) is 73.2 Å². The molecule has 1 heterocycles. The Balaban J connectivity index is 2.78. The van der Waals surface area contributed by atoms with Gasteiger partial charge in [0.05, 0.1) is 5.92 Å². The molecule has 2 unspecified atom stereocenters. The summed E-state index contributed by atoms with van der Waals surface area (Å²) in [6.45, 7) is 15.2. The number of piperidine rings is 1. The number of hydrogen-bond acceptors (Lipinski definition) is 8. The summed E-state index contributed by atoms with van der Waals surface area (Å²) in [5, 5.41) is 3.17. The quantitative estimate of drug-likeness (QED) is 0.0372. The van der Waals surface area contributed by atoms with E-state index < -0.39 is 5.60 Å². The summed E-state index contributed by atoms with van der Waals surface area (Å²) in [6.07, 6.45) is 28.7. The number of likely N-dealkylation sites (tertiary alicyclic amines) is 1. The van der Waals surface area contributed by atoms with E-state index in [9.17, 15) is 19.2 Å². The zero-order chi connectivity index (χ0) is 43.6. The number of esters is 3. The lowest BCUT2D eigenvalue weighted by Crippen LogP contribution is -2.52. The van der Waals surface area contributed by atoms with Gasteiger partial charge >= 0.3 is 17.9 Å². The number of carbonyl (C=O) groups excluding carboxylic acids is 4. The first kappa shape index (κ1) is 54.9. The maximum absolute atomic E-state index is 14.1. The molecular formula is C50H94N2O7. The summed E-state index contributed by atoms with van der Waals surface area (Å²) < 4.78 is 18.2. The van der Waals surface area contributed by atoms with Gasteiger partial charge in [0.2, 0.25) is 0 Å². The van der Waals surface area contributed by atoms with E-state index in [2.05, 4.69) is 58.8 Å². The highest BCUT2D eigenvalue weighted by atomic mass is 16.6. The summed E-state index contributed by atoms with van der Waals surface area (Å²) in [5.41, 5.74) is -1.17. The molecule has 0 bridgehead atoms. The van der Waals surface area contributed by atoms with Gasteiger partial charge in [-0.3, -0.25) is 19.2 Å². The first-order valence-electron chi connectivity index (χ1n) is 25.1. The minimum absolute atomic E-state index is 0.0595. The van der Waals surface area contributed by atoms with Crippen molar-refractivity contribution in [3.63, 3.8) is 0 Å². The second-order valence-electron chi connectivity index (χ2n) is 18.2. The first-order valence-corrected chi connectivity index (χ1v) is 25.1. The molecule has 0 saturated carbocycles. The molecule has 346 valence electrons. The van der Waals surface area contributed by atoms with Crippen LogP contribution in [0.3, 0.4) is 0 Å². The normalized spacial score (nSPS) is 16.1. The Hall–Kier alpha value is -2.16. The molecule has 0 aromatic rings. The van der Waals surface area contributed by atoms with Crippen LogP contribution in [0.1, 0.15) is 241 Å². The van der Waals surface area contributed by atoms with E-state index in [1.807, 2.05) is 0 Å². The molecule has 1 fully saturated rings. The Kier molecular flexibility index (Phi) is 32.9. The Morgan fingerprint density at radius 1 is 0.593 bits per heavy atom. The van der Waals surface area contributed by atoms with Crippen molar-refractivity contribution >= 4 is 23.8 Å². The summed E-state index contributed by atoms with van der Waals surface area (Å²) in [5.74, 6) is -0.494. The molecule has 1 amide bonds. The van der Waals surface area contributed by atoms with E-state index in [0.717, 1.165) is 186 Å². The summed E-state index contributed by atoms with van der Waals surface area (Å²) in [7, 11) is 2.10. The Morgan fingerprint density at radius 2 is 1.00 bits per heavy atom. The molecule has 0 aliphatic carbocycles. The molecule has 2 atom stereocenters. The van der Waals surface area contributed by atoms with Gasteiger partial charge in [-0.05, 0) is 96.6 Å². The highest BCUT2D eigenvalue weighted by Crippen LogP contribution is 2.33. The predicted octanol–water partition coefficient (Wildman–Crippen LogP) is 12.6. The van der Waals surface area contributed by atoms with Gasteiger partial charge in [-0.25, -0.2) is 0 Å². The van der Waals surface area contributed by atoms with E-state index >= 15 is 0 Å². The Labute approximate surface area is 363 Å². The van der Waals surface area contributed by atoms with Crippen molar-refractivity contribution in [1.82, 2.24) is 10.2 Å². The number of hydrogen-bond donors (Lipinski definition) is 1. The smallest absolute Gasteiger partial charge is 0.310 e. The van der Waals surface area contributed by atoms with Gasteiger partial charge in [-0.2, -0.15) is 0 Å². The van der Waals surface area contributed by atoms with Crippen LogP contribution in [0.5, 0.6) is 0 Å². The number of carbonyl (C=O) groups is 4. The third-order valence-electron chi connectivity index (χ3n) is 12.5. The summed E-state index contributed by atoms with van der Waals surface area (Å²) >= 11 is 0. The first-order chi connectivity index (χ1) is 28.5. The van der Waals surface area contributed by atoms with Crippen LogP contribution in [0, 0.1) is 11.8 Å². The third-order valence-corrected chi connectivity index (χ3v) is 12.5. The van der Waals surface area contributed by atoms with Crippen molar-refractivity contribution in [2.24, 2.45) is 11.8 Å². The van der Waals surface area contributed by atoms with Gasteiger partial charge in [0.1, 0.15) is 12.2 Å². The zero-order valence-electron chi connectivity index (χ0n) is 39.7. The number of nitrogens with zero attached hydrogens (tertiary/aromatic N) is 1. The summed E-state index contributed by atoms with van der Waals surface area (Å²) in [4.78, 5) is 55.5. The number of amides is 1. The number of nitrogens with one attached hydrogen (secondary N) is 1. The van der Waals surface area contributed by atoms with Crippen molar-refractivity contribution in [2.45, 2.75) is 258 Å². The van der Waals surface area contributed by atoms with Crippen molar-refractivity contribution in [3.05, 3.63) is 0 Å². The van der Waals surface area contributed by atoms with Crippen LogP contribution in [0.15, 0.2) is 0 Å². The SMILES string of the molecule is CCCCNC(=O)C(CCCCCCCCC(=O)OC(CCCC)CCCC)(CCCCCCCCC(=O)OC(CCCC)CCCC)OC(=O)C1CCN(C)CC1C. The van der Waals surface area contributed by atoms with Crippen LogP contribution in [0.4, 0.5) is 0 Å². The van der Waals surface area contributed by atoms with Gasteiger partial charge < -0.3 is 24.4 Å². The fourth-order valence-corrected chi connectivity index (χ4v) is 8.53. The van der Waals surface area contributed by atoms with Crippen molar-refractivity contribution < 1.29 is 33.4 Å². The molecule has 0 radical (unpaired) electrons. The average Bonchev–Trinajstić information content (AvgIpc) is 3.21. The molecule has 1 aliphatic rings. The van der Waals surface area contributed by atoms with E-state index in [-0.39, 0.29) is 47.9 Å². The van der Waals surface area contributed by atoms with Crippen LogP contribution in [0.2, 0.25) is 0 Å². The molecule has 1 rings (SSSR count). The molecular weight excluding hydrogens is 741 g/mol. The fourth-order valence-electron chi connectivity index (χ4n) is 8.53. The minimum Gasteiger partial charge on any atom is -0.462 e. The highest BCUT2D eigenvalue weighted by Gasteiger charge is 2.44. The van der Waals surface area contributed by atoms with E-state index in [0.29, 0.717) is 32.2 Å². The van der Waals surface area contributed by atoms with Crippen LogP contribution >= 0.6 is 0 Å². The molecule has 9 nitrogen and oxygen atoms in total. The molecule has 1 N–H and O–H groups in total. The summed E-state index contributed by atoms with van der Waals surface area (Å²) in [6, 6.07) is 0. The average molecular weight is 835 g/mol. The molecule has 0 aromatic heterocycles. The van der Waals surface area contributed by atoms with E-state index in [4.69, 9.17) is 14.2 Å². The monoisotopic (exact) mass is 835 g/mol. The number of ether oxygens (including phenoxy) is 3. The van der Waals surface area contributed by atoms with Gasteiger partial charge in [-0.1, -0.05) is 151 Å². The Bertz CT molecular complexity index is 1020. The second-order valence-corrected chi connectivity index (χ2v) is 18.2. The van der Waals surface area contributed by atoms with Crippen LogP contribution in [0.25, 0.3) is 0 Å². The molecule has 59 heavy (non-hydrogen) atoms. The topological polar surface area (TPSA) is 111 Å². The largest absolute Gasteiger partial charge is 0.462 e. The molecule has 9 heteroatoms. The zero-order valence-corrected chi connectivity index (χ0v) is 39.7. The van der Waals surface area contributed by atoms with Gasteiger partial charge in [0.25, 0.3) is 5.91 Å². The molecule has 1 saturated heterocycles. The predicted molar refractivity (Wildman–Crippen MR) is 243 cm³/mol. The molecule has 1 aliphatic heterocycles. The molecule has 0 aromatic carbocycles. The van der Waals surface area contributed by atoms with Gasteiger partial charge in [-0.15, -0.1) is 0 Å². The van der Waals surface area contributed by atoms with Gasteiger partial charge in [0, 0.05) is 25.9 Å². The minimum atomic E-state index is -1.17. The maximum Gasteiger partial charge on any atom is 0.310 e. The number of rotatable bonds is 38. The second kappa shape index (κ2) is 35.4. The third kappa shape index (κ3) is 26.0. The van der Waals surface area contributed by atoms with E-state index in [1.165, 1.54) is 0 Å². The molecule has 0 spiro atoms. The van der Waals surface area contributed by atoms with Crippen LogP contribution < -0.4 is 5.32 Å². The highest BCUT2D eigenvalue weighted by molar-refractivity contribution is 5.88. The number of unbranched alkanes of at least 4 members (excludes halogenated alkanes) is 15. The lowest BCUT2D eigenvalue weighted by atomic mass is 9.85. The van der Waals surface area contributed by atoms with Crippen molar-refractivity contribution in [3.8, 4) is 0 Å². The van der Waals surface area contributed by atoms with Crippen molar-refractivity contribution in [2.75, 3.05) is 26.7 Å². The lowest BCUT2D eigenvalue weighted by Gasteiger charge is -2.38. The van der Waals surface area contributed by atoms with E-state index in [1.54, 1.807) is 0 Å². The fraction of sp³-hybridized carbons (Fsp3) is 0.920. The standard InChI is InChI=1S/C50H94N2O7/c1-8-13-30-43(31-14-9-2)57-46(53)34-26-22-18-20-24-28-37-50(49(56)51-39-17-12-5,59-48(55)45-36-40-52(7)41-42(45)6)38-29-25-21-19-23-27-35-47(54)58-44(32-15-10-3)33-16-11-4/h42-45H,8-41H2,1-7H3,(H,51,56). The maximum atomic E-state index is 14.1.